The first-order chi connectivity index (χ1) is 13.6. The first-order valence-electron chi connectivity index (χ1n) is 9.38. The zero-order valence-electron chi connectivity index (χ0n) is 16.1. The number of carbonyl (C=O) groups excluding carboxylic acids is 1. The van der Waals surface area contributed by atoms with Gasteiger partial charge in [0.05, 0.1) is 28.8 Å². The number of rotatable bonds is 4. The van der Waals surface area contributed by atoms with E-state index in [1.54, 1.807) is 13.8 Å². The van der Waals surface area contributed by atoms with Crippen LogP contribution in [0.5, 0.6) is 0 Å². The summed E-state index contributed by atoms with van der Waals surface area (Å²) in [5.41, 5.74) is -1.20. The quantitative estimate of drug-likeness (QED) is 0.705. The molecule has 29 heavy (non-hydrogen) atoms. The number of aliphatic hydroxyl groups excluding tert-OH is 1. The molecule has 2 heterocycles. The first kappa shape index (κ1) is 21.3. The molecule has 7 nitrogen and oxygen atoms in total. The molecule has 1 amide bonds. The minimum absolute atomic E-state index is 0.0730. The van der Waals surface area contributed by atoms with E-state index in [4.69, 9.17) is 0 Å². The average molecular weight is 412 g/mol. The lowest BCUT2D eigenvalue weighted by molar-refractivity contribution is -0.137. The van der Waals surface area contributed by atoms with Gasteiger partial charge in [0.2, 0.25) is 5.91 Å². The molecule has 0 radical (unpaired) electrons. The van der Waals surface area contributed by atoms with Crippen LogP contribution < -0.4 is 16.2 Å². The van der Waals surface area contributed by atoms with Gasteiger partial charge in [-0.25, -0.2) is 4.68 Å². The highest BCUT2D eigenvalue weighted by Crippen LogP contribution is 2.32. The SMILES string of the molecule is CC(C)c1nn(CC(=O)N[C@H]2CNCC[C@H]2O)c(=O)c2ccc(C(F)(F)F)cc12. The molecule has 158 valence electrons. The summed E-state index contributed by atoms with van der Waals surface area (Å²) in [6.45, 7) is 4.17. The van der Waals surface area contributed by atoms with Crippen molar-refractivity contribution in [2.24, 2.45) is 0 Å². The Hall–Kier alpha value is -2.46. The fraction of sp³-hybridized carbons (Fsp3) is 0.526. The molecule has 1 aliphatic rings. The number of piperidine rings is 1. The molecule has 0 bridgehead atoms. The fourth-order valence-electron chi connectivity index (χ4n) is 3.40. The molecule has 2 atom stereocenters. The number of hydrogen-bond acceptors (Lipinski definition) is 5. The highest BCUT2D eigenvalue weighted by molar-refractivity contribution is 5.85. The summed E-state index contributed by atoms with van der Waals surface area (Å²) in [4.78, 5) is 25.1. The van der Waals surface area contributed by atoms with E-state index in [1.807, 2.05) is 0 Å². The van der Waals surface area contributed by atoms with E-state index in [2.05, 4.69) is 15.7 Å². The van der Waals surface area contributed by atoms with Crippen LogP contribution in [0.3, 0.4) is 0 Å². The molecule has 0 aliphatic carbocycles. The van der Waals surface area contributed by atoms with Crippen molar-refractivity contribution in [2.45, 2.75) is 51.1 Å². The Labute approximate surface area is 164 Å². The van der Waals surface area contributed by atoms with Gasteiger partial charge in [0.15, 0.2) is 0 Å². The third-order valence-electron chi connectivity index (χ3n) is 4.95. The zero-order valence-corrected chi connectivity index (χ0v) is 16.1. The number of alkyl halides is 3. The Bertz CT molecular complexity index is 972. The largest absolute Gasteiger partial charge is 0.416 e. The smallest absolute Gasteiger partial charge is 0.391 e. The van der Waals surface area contributed by atoms with Crippen molar-refractivity contribution in [1.29, 1.82) is 0 Å². The van der Waals surface area contributed by atoms with Gasteiger partial charge in [-0.3, -0.25) is 9.59 Å². The normalized spacial score (nSPS) is 20.2. The number of amides is 1. The summed E-state index contributed by atoms with van der Waals surface area (Å²) in [5.74, 6) is -0.770. The highest BCUT2D eigenvalue weighted by atomic mass is 19.4. The zero-order chi connectivity index (χ0) is 21.3. The highest BCUT2D eigenvalue weighted by Gasteiger charge is 2.31. The summed E-state index contributed by atoms with van der Waals surface area (Å²) >= 11 is 0. The second kappa shape index (κ2) is 8.11. The average Bonchev–Trinajstić information content (AvgIpc) is 2.64. The Morgan fingerprint density at radius 3 is 2.72 bits per heavy atom. The number of carbonyl (C=O) groups is 1. The number of nitrogens with one attached hydrogen (secondary N) is 2. The van der Waals surface area contributed by atoms with Crippen LogP contribution in [0.1, 0.15) is 37.4 Å². The van der Waals surface area contributed by atoms with Crippen molar-refractivity contribution >= 4 is 16.7 Å². The van der Waals surface area contributed by atoms with Gasteiger partial charge >= 0.3 is 6.18 Å². The van der Waals surface area contributed by atoms with E-state index in [-0.39, 0.29) is 16.7 Å². The van der Waals surface area contributed by atoms with Crippen LogP contribution in [0.25, 0.3) is 10.8 Å². The molecule has 1 saturated heterocycles. The number of aliphatic hydroxyl groups is 1. The maximum absolute atomic E-state index is 13.1. The first-order valence-corrected chi connectivity index (χ1v) is 9.38. The number of aromatic nitrogens is 2. The Morgan fingerprint density at radius 1 is 1.38 bits per heavy atom. The van der Waals surface area contributed by atoms with Crippen LogP contribution in [-0.4, -0.2) is 46.0 Å². The van der Waals surface area contributed by atoms with Crippen LogP contribution in [-0.2, 0) is 17.5 Å². The van der Waals surface area contributed by atoms with Gasteiger partial charge in [-0.05, 0) is 37.1 Å². The van der Waals surface area contributed by atoms with Gasteiger partial charge < -0.3 is 15.7 Å². The van der Waals surface area contributed by atoms with Crippen LogP contribution in [0.15, 0.2) is 23.0 Å². The van der Waals surface area contributed by atoms with E-state index in [0.717, 1.165) is 22.9 Å². The van der Waals surface area contributed by atoms with E-state index < -0.39 is 41.9 Å². The van der Waals surface area contributed by atoms with E-state index in [0.29, 0.717) is 25.2 Å². The molecule has 1 aliphatic heterocycles. The van der Waals surface area contributed by atoms with Crippen molar-refractivity contribution < 1.29 is 23.1 Å². The van der Waals surface area contributed by atoms with Gasteiger partial charge in [-0.15, -0.1) is 0 Å². The van der Waals surface area contributed by atoms with Crippen molar-refractivity contribution in [3.8, 4) is 0 Å². The molecule has 3 N–H and O–H groups in total. The third kappa shape index (κ3) is 4.59. The van der Waals surface area contributed by atoms with Crippen molar-refractivity contribution in [3.05, 3.63) is 39.8 Å². The molecule has 0 unspecified atom stereocenters. The molecule has 1 aromatic carbocycles. The topological polar surface area (TPSA) is 96.2 Å². The number of nitrogens with zero attached hydrogens (tertiary/aromatic N) is 2. The lowest BCUT2D eigenvalue weighted by Gasteiger charge is -2.29. The summed E-state index contributed by atoms with van der Waals surface area (Å²) in [5, 5.41) is 20.1. The van der Waals surface area contributed by atoms with Crippen molar-refractivity contribution in [1.82, 2.24) is 20.4 Å². The monoisotopic (exact) mass is 412 g/mol. The van der Waals surface area contributed by atoms with E-state index in [9.17, 15) is 27.9 Å². The lowest BCUT2D eigenvalue weighted by Crippen LogP contribution is -2.54. The number of halogens is 3. The van der Waals surface area contributed by atoms with Crippen LogP contribution in [0.4, 0.5) is 13.2 Å². The Morgan fingerprint density at radius 2 is 2.10 bits per heavy atom. The predicted molar refractivity (Wildman–Crippen MR) is 101 cm³/mol. The molecular formula is C19H23F3N4O3. The number of fused-ring (bicyclic) bond motifs is 1. The second-order valence-corrected chi connectivity index (χ2v) is 7.50. The molecule has 10 heteroatoms. The van der Waals surface area contributed by atoms with Crippen LogP contribution >= 0.6 is 0 Å². The molecule has 0 saturated carbocycles. The minimum atomic E-state index is -4.54. The fourth-order valence-corrected chi connectivity index (χ4v) is 3.40. The van der Waals surface area contributed by atoms with E-state index >= 15 is 0 Å². The molecule has 0 spiro atoms. The van der Waals surface area contributed by atoms with Crippen LogP contribution in [0, 0.1) is 0 Å². The van der Waals surface area contributed by atoms with Gasteiger partial charge in [-0.2, -0.15) is 18.3 Å². The predicted octanol–water partition coefficient (Wildman–Crippen LogP) is 1.38. The van der Waals surface area contributed by atoms with Crippen molar-refractivity contribution in [2.75, 3.05) is 13.1 Å². The Balaban J connectivity index is 1.95. The summed E-state index contributed by atoms with van der Waals surface area (Å²) in [6, 6.07) is 2.42. The molecule has 1 aromatic heterocycles. The molecular weight excluding hydrogens is 389 g/mol. The van der Waals surface area contributed by atoms with Gasteiger partial charge in [0.25, 0.3) is 5.56 Å². The maximum atomic E-state index is 13.1. The number of hydrogen-bond donors (Lipinski definition) is 3. The molecule has 3 rings (SSSR count). The van der Waals surface area contributed by atoms with E-state index in [1.165, 1.54) is 0 Å². The number of benzene rings is 1. The van der Waals surface area contributed by atoms with Gasteiger partial charge in [0.1, 0.15) is 6.54 Å². The molecule has 2 aromatic rings. The second-order valence-electron chi connectivity index (χ2n) is 7.50. The molecule has 1 fully saturated rings. The van der Waals surface area contributed by atoms with Gasteiger partial charge in [0, 0.05) is 11.9 Å². The summed E-state index contributed by atoms with van der Waals surface area (Å²) in [6.07, 6.45) is -4.72. The van der Waals surface area contributed by atoms with Crippen molar-refractivity contribution in [3.63, 3.8) is 0 Å². The minimum Gasteiger partial charge on any atom is -0.391 e. The standard InChI is InChI=1S/C19H23F3N4O3/c1-10(2)17-13-7-11(19(20,21)22)3-4-12(13)18(29)26(25-17)9-16(28)24-14-8-23-6-5-15(14)27/h3-4,7,10,14-15,23,27H,5-6,8-9H2,1-2H3,(H,24,28)/t14-,15+/m0/s1. The Kier molecular flexibility index (Phi) is 5.95. The maximum Gasteiger partial charge on any atom is 0.416 e. The van der Waals surface area contributed by atoms with Crippen LogP contribution in [0.2, 0.25) is 0 Å². The third-order valence-corrected chi connectivity index (χ3v) is 4.95. The summed E-state index contributed by atoms with van der Waals surface area (Å²) < 4.78 is 40.2. The summed E-state index contributed by atoms with van der Waals surface area (Å²) in [7, 11) is 0. The lowest BCUT2D eigenvalue weighted by atomic mass is 10.0. The van der Waals surface area contributed by atoms with Gasteiger partial charge in [-0.1, -0.05) is 13.8 Å².